The van der Waals surface area contributed by atoms with Gasteiger partial charge in [0.15, 0.2) is 0 Å². The minimum atomic E-state index is -0.218. The summed E-state index contributed by atoms with van der Waals surface area (Å²) in [6.07, 6.45) is 3.28. The fraction of sp³-hybridized carbons (Fsp3) is 0.458. The molecule has 2 atom stereocenters. The molecule has 5 heteroatoms. The highest BCUT2D eigenvalue weighted by atomic mass is 19.1. The Morgan fingerprint density at radius 1 is 1.17 bits per heavy atom. The predicted octanol–water partition coefficient (Wildman–Crippen LogP) is 4.43. The molecule has 4 rings (SSSR count). The summed E-state index contributed by atoms with van der Waals surface area (Å²) in [7, 11) is 1.64. The van der Waals surface area contributed by atoms with Crippen molar-refractivity contribution in [2.24, 2.45) is 0 Å². The molecule has 0 spiro atoms. The van der Waals surface area contributed by atoms with Gasteiger partial charge in [-0.2, -0.15) is 0 Å². The fourth-order valence-corrected chi connectivity index (χ4v) is 5.14. The number of piperidine rings is 1. The van der Waals surface area contributed by atoms with Crippen LogP contribution < -0.4 is 9.64 Å². The maximum Gasteiger partial charge on any atom is 0.227 e. The summed E-state index contributed by atoms with van der Waals surface area (Å²) in [4.78, 5) is 17.6. The van der Waals surface area contributed by atoms with Crippen LogP contribution in [0.3, 0.4) is 0 Å². The minimum absolute atomic E-state index is 0.133. The lowest BCUT2D eigenvalue weighted by Gasteiger charge is -2.42. The normalized spacial score (nSPS) is 23.0. The van der Waals surface area contributed by atoms with Gasteiger partial charge in [-0.1, -0.05) is 18.2 Å². The van der Waals surface area contributed by atoms with Gasteiger partial charge in [0, 0.05) is 17.8 Å². The quantitative estimate of drug-likeness (QED) is 0.767. The molecule has 2 aromatic rings. The SMILES string of the molecule is COc1ccc(CC(=O)N2CCC[C@H]3[C@@H]2CC(C)(C)N3c2cccc(F)c2)cc1. The van der Waals surface area contributed by atoms with E-state index in [9.17, 15) is 9.18 Å². The maximum atomic E-state index is 13.9. The summed E-state index contributed by atoms with van der Waals surface area (Å²) in [5, 5.41) is 0. The van der Waals surface area contributed by atoms with Crippen molar-refractivity contribution in [2.75, 3.05) is 18.6 Å². The van der Waals surface area contributed by atoms with Crippen LogP contribution in [0.25, 0.3) is 0 Å². The number of rotatable bonds is 4. The number of carbonyl (C=O) groups is 1. The summed E-state index contributed by atoms with van der Waals surface area (Å²) in [5.74, 6) is 0.745. The molecule has 0 aliphatic carbocycles. The van der Waals surface area contributed by atoms with Crippen molar-refractivity contribution < 1.29 is 13.9 Å². The van der Waals surface area contributed by atoms with E-state index < -0.39 is 0 Å². The smallest absolute Gasteiger partial charge is 0.227 e. The average molecular weight is 397 g/mol. The number of nitrogens with zero attached hydrogens (tertiary/aromatic N) is 2. The summed E-state index contributed by atoms with van der Waals surface area (Å²) in [6.45, 7) is 5.19. The fourth-order valence-electron chi connectivity index (χ4n) is 5.14. The van der Waals surface area contributed by atoms with Gasteiger partial charge in [-0.05, 0) is 69.0 Å². The third kappa shape index (κ3) is 3.83. The number of anilines is 1. The second-order valence-electron chi connectivity index (χ2n) is 8.76. The third-order valence-corrected chi connectivity index (χ3v) is 6.36. The number of hydrogen-bond acceptors (Lipinski definition) is 3. The Labute approximate surface area is 172 Å². The van der Waals surface area contributed by atoms with Gasteiger partial charge in [-0.25, -0.2) is 4.39 Å². The molecule has 0 radical (unpaired) electrons. The summed E-state index contributed by atoms with van der Waals surface area (Å²) < 4.78 is 19.1. The number of halogens is 1. The van der Waals surface area contributed by atoms with E-state index in [1.807, 2.05) is 30.3 Å². The van der Waals surface area contributed by atoms with Crippen molar-refractivity contribution in [2.45, 2.75) is 57.2 Å². The van der Waals surface area contributed by atoms with E-state index in [-0.39, 0.29) is 29.3 Å². The molecule has 0 N–H and O–H groups in total. The van der Waals surface area contributed by atoms with E-state index in [1.54, 1.807) is 19.2 Å². The third-order valence-electron chi connectivity index (χ3n) is 6.36. The molecule has 0 bridgehead atoms. The Bertz CT molecular complexity index is 881. The van der Waals surface area contributed by atoms with Crippen molar-refractivity contribution in [3.8, 4) is 5.75 Å². The van der Waals surface area contributed by atoms with E-state index in [2.05, 4.69) is 23.6 Å². The molecule has 4 nitrogen and oxygen atoms in total. The lowest BCUT2D eigenvalue weighted by Crippen LogP contribution is -2.53. The van der Waals surface area contributed by atoms with Crippen molar-refractivity contribution in [1.29, 1.82) is 0 Å². The molecule has 29 heavy (non-hydrogen) atoms. The van der Waals surface area contributed by atoms with Gasteiger partial charge in [0.25, 0.3) is 0 Å². The molecular weight excluding hydrogens is 367 g/mol. The monoisotopic (exact) mass is 396 g/mol. The topological polar surface area (TPSA) is 32.8 Å². The van der Waals surface area contributed by atoms with Gasteiger partial charge in [0.2, 0.25) is 5.91 Å². The zero-order valence-corrected chi connectivity index (χ0v) is 17.4. The standard InChI is InChI=1S/C24H29FN2O2/c1-24(2)16-22-21(27(24)19-7-4-6-18(25)15-19)8-5-13-26(22)23(28)14-17-9-11-20(29-3)12-10-17/h4,6-7,9-12,15,21-22H,5,8,13-14,16H2,1-3H3/t21-,22-/m0/s1. The van der Waals surface area contributed by atoms with Crippen molar-refractivity contribution in [1.82, 2.24) is 4.90 Å². The number of amides is 1. The molecule has 0 saturated carbocycles. The highest BCUT2D eigenvalue weighted by molar-refractivity contribution is 5.79. The van der Waals surface area contributed by atoms with Crippen molar-refractivity contribution in [3.05, 3.63) is 59.9 Å². The Morgan fingerprint density at radius 2 is 1.93 bits per heavy atom. The van der Waals surface area contributed by atoms with Gasteiger partial charge >= 0.3 is 0 Å². The van der Waals surface area contributed by atoms with E-state index in [4.69, 9.17) is 4.74 Å². The van der Waals surface area contributed by atoms with Crippen LogP contribution >= 0.6 is 0 Å². The lowest BCUT2D eigenvalue weighted by molar-refractivity contribution is -0.134. The average Bonchev–Trinajstić information content (AvgIpc) is 2.98. The molecule has 0 unspecified atom stereocenters. The van der Waals surface area contributed by atoms with Crippen LogP contribution in [0.1, 0.15) is 38.7 Å². The highest BCUT2D eigenvalue weighted by Gasteiger charge is 2.50. The van der Waals surface area contributed by atoms with Crippen LogP contribution in [0.2, 0.25) is 0 Å². The molecule has 2 heterocycles. The second kappa shape index (κ2) is 7.69. The predicted molar refractivity (Wildman–Crippen MR) is 113 cm³/mol. The first kappa shape index (κ1) is 19.7. The molecular formula is C24H29FN2O2. The van der Waals surface area contributed by atoms with E-state index in [0.29, 0.717) is 6.42 Å². The maximum absolute atomic E-state index is 13.9. The Kier molecular flexibility index (Phi) is 5.24. The summed E-state index contributed by atoms with van der Waals surface area (Å²) in [6, 6.07) is 14.9. The molecule has 0 aromatic heterocycles. The van der Waals surface area contributed by atoms with Crippen molar-refractivity contribution in [3.63, 3.8) is 0 Å². The first-order chi connectivity index (χ1) is 13.9. The Hall–Kier alpha value is -2.56. The van der Waals surface area contributed by atoms with Crippen LogP contribution in [0.15, 0.2) is 48.5 Å². The van der Waals surface area contributed by atoms with E-state index in [0.717, 1.165) is 42.8 Å². The van der Waals surface area contributed by atoms with Crippen LogP contribution in [0.5, 0.6) is 5.75 Å². The molecule has 1 amide bonds. The molecule has 2 aliphatic heterocycles. The molecule has 154 valence electrons. The summed E-state index contributed by atoms with van der Waals surface area (Å²) >= 11 is 0. The number of carbonyl (C=O) groups excluding carboxylic acids is 1. The van der Waals surface area contributed by atoms with Crippen LogP contribution in [0.4, 0.5) is 10.1 Å². The highest BCUT2D eigenvalue weighted by Crippen LogP contribution is 2.43. The number of hydrogen-bond donors (Lipinski definition) is 0. The van der Waals surface area contributed by atoms with Gasteiger partial charge in [0.1, 0.15) is 11.6 Å². The van der Waals surface area contributed by atoms with Gasteiger partial charge in [-0.3, -0.25) is 4.79 Å². The Morgan fingerprint density at radius 3 is 2.62 bits per heavy atom. The van der Waals surface area contributed by atoms with Crippen molar-refractivity contribution >= 4 is 11.6 Å². The second-order valence-corrected chi connectivity index (χ2v) is 8.76. The number of methoxy groups -OCH3 is 1. The molecule has 2 saturated heterocycles. The molecule has 2 aromatic carbocycles. The number of fused-ring (bicyclic) bond motifs is 1. The first-order valence-corrected chi connectivity index (χ1v) is 10.4. The van der Waals surface area contributed by atoms with E-state index >= 15 is 0 Å². The van der Waals surface area contributed by atoms with Crippen LogP contribution in [-0.4, -0.2) is 42.1 Å². The van der Waals surface area contributed by atoms with Gasteiger partial charge in [0.05, 0.1) is 25.6 Å². The molecule has 2 aliphatic rings. The van der Waals surface area contributed by atoms with E-state index in [1.165, 1.54) is 6.07 Å². The number of likely N-dealkylation sites (tertiary alicyclic amines) is 1. The molecule has 2 fully saturated rings. The number of benzene rings is 2. The first-order valence-electron chi connectivity index (χ1n) is 10.4. The zero-order chi connectivity index (χ0) is 20.6. The summed E-state index contributed by atoms with van der Waals surface area (Å²) in [5.41, 5.74) is 1.77. The number of ether oxygens (including phenoxy) is 1. The minimum Gasteiger partial charge on any atom is -0.497 e. The largest absolute Gasteiger partial charge is 0.497 e. The van der Waals surface area contributed by atoms with Gasteiger partial charge < -0.3 is 14.5 Å². The lowest BCUT2D eigenvalue weighted by atomic mass is 9.93. The van der Waals surface area contributed by atoms with Crippen LogP contribution in [-0.2, 0) is 11.2 Å². The van der Waals surface area contributed by atoms with Crippen LogP contribution in [0, 0.1) is 5.82 Å². The zero-order valence-electron chi connectivity index (χ0n) is 17.4. The Balaban J connectivity index is 1.55. The van der Waals surface area contributed by atoms with Gasteiger partial charge in [-0.15, -0.1) is 0 Å².